The molecule has 0 aromatic heterocycles. The first-order chi connectivity index (χ1) is 5.43. The minimum absolute atomic E-state index is 0.0789. The standard InChI is InChI=1S/C10H14O2/c1-6(2)10(8(4)12)5-9(10)7(3)11/h9H,1,5H2,2-4H3. The van der Waals surface area contributed by atoms with Crippen LogP contribution in [0.15, 0.2) is 12.2 Å². The van der Waals surface area contributed by atoms with Crippen molar-refractivity contribution in [3.8, 4) is 0 Å². The fourth-order valence-corrected chi connectivity index (χ4v) is 1.92. The Morgan fingerprint density at radius 1 is 1.33 bits per heavy atom. The quantitative estimate of drug-likeness (QED) is 0.598. The van der Waals surface area contributed by atoms with Gasteiger partial charge in [-0.05, 0) is 27.2 Å². The molecule has 0 radical (unpaired) electrons. The van der Waals surface area contributed by atoms with Crippen LogP contribution in [-0.4, -0.2) is 11.6 Å². The Hall–Kier alpha value is -0.920. The first-order valence-corrected chi connectivity index (χ1v) is 4.10. The SMILES string of the molecule is C=C(C)C1(C(C)=O)CC1C(C)=O. The van der Waals surface area contributed by atoms with Gasteiger partial charge in [-0.3, -0.25) is 9.59 Å². The van der Waals surface area contributed by atoms with E-state index in [0.717, 1.165) is 5.57 Å². The molecule has 2 unspecified atom stereocenters. The lowest BCUT2D eigenvalue weighted by molar-refractivity contribution is -0.125. The van der Waals surface area contributed by atoms with E-state index in [0.29, 0.717) is 6.42 Å². The molecule has 2 atom stereocenters. The predicted octanol–water partition coefficient (Wildman–Crippen LogP) is 1.75. The number of rotatable bonds is 3. The number of Topliss-reactive ketones (excluding diaryl/α,β-unsaturated/α-hetero) is 2. The van der Waals surface area contributed by atoms with Gasteiger partial charge < -0.3 is 0 Å². The highest BCUT2D eigenvalue weighted by atomic mass is 16.1. The van der Waals surface area contributed by atoms with Crippen LogP contribution in [-0.2, 0) is 9.59 Å². The van der Waals surface area contributed by atoms with Crippen molar-refractivity contribution < 1.29 is 9.59 Å². The summed E-state index contributed by atoms with van der Waals surface area (Å²) in [5, 5.41) is 0. The van der Waals surface area contributed by atoms with Gasteiger partial charge in [0.25, 0.3) is 0 Å². The molecule has 0 amide bonds. The summed E-state index contributed by atoms with van der Waals surface area (Å²) in [6.07, 6.45) is 0.674. The zero-order valence-electron chi connectivity index (χ0n) is 7.81. The summed E-state index contributed by atoms with van der Waals surface area (Å²) in [5.74, 6) is 0.0934. The lowest BCUT2D eigenvalue weighted by Crippen LogP contribution is -2.18. The van der Waals surface area contributed by atoms with Crippen LogP contribution >= 0.6 is 0 Å². The Morgan fingerprint density at radius 2 is 1.83 bits per heavy atom. The average Bonchev–Trinajstić information content (AvgIpc) is 2.60. The molecule has 1 saturated carbocycles. The van der Waals surface area contributed by atoms with Crippen molar-refractivity contribution in [1.29, 1.82) is 0 Å². The third kappa shape index (κ3) is 1.02. The molecule has 2 heteroatoms. The fourth-order valence-electron chi connectivity index (χ4n) is 1.92. The zero-order valence-corrected chi connectivity index (χ0v) is 7.81. The van der Waals surface area contributed by atoms with Crippen LogP contribution in [0.2, 0.25) is 0 Å². The molecule has 0 saturated heterocycles. The summed E-state index contributed by atoms with van der Waals surface area (Å²) in [7, 11) is 0. The third-order valence-electron chi connectivity index (χ3n) is 2.84. The molecule has 0 bridgehead atoms. The molecule has 0 spiro atoms. The maximum Gasteiger partial charge on any atom is 0.140 e. The maximum atomic E-state index is 11.3. The van der Waals surface area contributed by atoms with Crippen molar-refractivity contribution in [2.24, 2.45) is 11.3 Å². The molecule has 1 fully saturated rings. The van der Waals surface area contributed by atoms with Crippen molar-refractivity contribution >= 4 is 11.6 Å². The summed E-state index contributed by atoms with van der Waals surface area (Å²) in [4.78, 5) is 22.3. The second kappa shape index (κ2) is 2.54. The molecule has 1 aliphatic carbocycles. The molecule has 0 N–H and O–H groups in total. The summed E-state index contributed by atoms with van der Waals surface area (Å²) < 4.78 is 0. The molecule has 0 aromatic carbocycles. The van der Waals surface area contributed by atoms with E-state index in [4.69, 9.17) is 0 Å². The second-order valence-corrected chi connectivity index (χ2v) is 3.68. The van der Waals surface area contributed by atoms with Gasteiger partial charge in [0.1, 0.15) is 11.6 Å². The van der Waals surface area contributed by atoms with Crippen molar-refractivity contribution in [3.05, 3.63) is 12.2 Å². The third-order valence-corrected chi connectivity index (χ3v) is 2.84. The van der Waals surface area contributed by atoms with Gasteiger partial charge in [-0.2, -0.15) is 0 Å². The number of carbonyl (C=O) groups excluding carboxylic acids is 2. The highest BCUT2D eigenvalue weighted by molar-refractivity contribution is 5.98. The van der Waals surface area contributed by atoms with Gasteiger partial charge in [0.2, 0.25) is 0 Å². The van der Waals surface area contributed by atoms with E-state index in [1.54, 1.807) is 0 Å². The minimum atomic E-state index is -0.494. The van der Waals surface area contributed by atoms with E-state index in [2.05, 4.69) is 6.58 Å². The van der Waals surface area contributed by atoms with E-state index >= 15 is 0 Å². The monoisotopic (exact) mass is 166 g/mol. The molecule has 1 rings (SSSR count). The van der Waals surface area contributed by atoms with Crippen LogP contribution in [0.5, 0.6) is 0 Å². The van der Waals surface area contributed by atoms with Crippen LogP contribution in [0.1, 0.15) is 27.2 Å². The van der Waals surface area contributed by atoms with Crippen LogP contribution in [0.4, 0.5) is 0 Å². The van der Waals surface area contributed by atoms with Crippen molar-refractivity contribution in [1.82, 2.24) is 0 Å². The maximum absolute atomic E-state index is 11.3. The van der Waals surface area contributed by atoms with Gasteiger partial charge in [-0.15, -0.1) is 0 Å². The normalized spacial score (nSPS) is 32.8. The molecule has 0 aliphatic heterocycles. The first-order valence-electron chi connectivity index (χ1n) is 4.10. The molecule has 1 aliphatic rings. The van der Waals surface area contributed by atoms with Crippen molar-refractivity contribution in [3.63, 3.8) is 0 Å². The van der Waals surface area contributed by atoms with Gasteiger partial charge in [-0.1, -0.05) is 12.2 Å². The average molecular weight is 166 g/mol. The van der Waals surface area contributed by atoms with E-state index in [1.165, 1.54) is 13.8 Å². The molecular weight excluding hydrogens is 152 g/mol. The van der Waals surface area contributed by atoms with Crippen LogP contribution < -0.4 is 0 Å². The van der Waals surface area contributed by atoms with E-state index in [-0.39, 0.29) is 17.5 Å². The number of hydrogen-bond donors (Lipinski definition) is 0. The zero-order chi connectivity index (χ0) is 9.52. The number of carbonyl (C=O) groups is 2. The Morgan fingerprint density at radius 3 is 1.92 bits per heavy atom. The Labute approximate surface area is 72.7 Å². The Bertz CT molecular complexity index is 249. The Kier molecular flexibility index (Phi) is 1.94. The smallest absolute Gasteiger partial charge is 0.140 e. The van der Waals surface area contributed by atoms with E-state index in [1.807, 2.05) is 6.92 Å². The lowest BCUT2D eigenvalue weighted by Gasteiger charge is -2.11. The van der Waals surface area contributed by atoms with E-state index in [9.17, 15) is 9.59 Å². The van der Waals surface area contributed by atoms with Gasteiger partial charge in [0.15, 0.2) is 0 Å². The molecule has 0 aromatic rings. The topological polar surface area (TPSA) is 34.1 Å². The van der Waals surface area contributed by atoms with Crippen LogP contribution in [0.25, 0.3) is 0 Å². The first kappa shape index (κ1) is 9.17. The molecule has 2 nitrogen and oxygen atoms in total. The van der Waals surface area contributed by atoms with Gasteiger partial charge in [0.05, 0.1) is 5.41 Å². The van der Waals surface area contributed by atoms with Crippen molar-refractivity contribution in [2.45, 2.75) is 27.2 Å². The molecular formula is C10H14O2. The molecule has 0 heterocycles. The number of ketones is 2. The van der Waals surface area contributed by atoms with Crippen LogP contribution in [0, 0.1) is 11.3 Å². The summed E-state index contributed by atoms with van der Waals surface area (Å²) >= 11 is 0. The molecule has 12 heavy (non-hydrogen) atoms. The predicted molar refractivity (Wildman–Crippen MR) is 46.7 cm³/mol. The second-order valence-electron chi connectivity index (χ2n) is 3.68. The lowest BCUT2D eigenvalue weighted by atomic mass is 9.90. The summed E-state index contributed by atoms with van der Waals surface area (Å²) in [6, 6.07) is 0. The highest BCUT2D eigenvalue weighted by Crippen LogP contribution is 2.58. The Balaban J connectivity index is 2.90. The number of allylic oxidation sites excluding steroid dienone is 1. The largest absolute Gasteiger partial charge is 0.300 e. The van der Waals surface area contributed by atoms with Crippen molar-refractivity contribution in [2.75, 3.05) is 0 Å². The minimum Gasteiger partial charge on any atom is -0.300 e. The summed E-state index contributed by atoms with van der Waals surface area (Å²) in [6.45, 7) is 8.67. The fraction of sp³-hybridized carbons (Fsp3) is 0.600. The number of hydrogen-bond acceptors (Lipinski definition) is 2. The van der Waals surface area contributed by atoms with Crippen LogP contribution in [0.3, 0.4) is 0 Å². The van der Waals surface area contributed by atoms with E-state index < -0.39 is 5.41 Å². The molecule has 66 valence electrons. The van der Waals surface area contributed by atoms with Gasteiger partial charge in [-0.25, -0.2) is 0 Å². The van der Waals surface area contributed by atoms with Gasteiger partial charge in [0, 0.05) is 5.92 Å². The van der Waals surface area contributed by atoms with Gasteiger partial charge >= 0.3 is 0 Å². The summed E-state index contributed by atoms with van der Waals surface area (Å²) in [5.41, 5.74) is 0.335. The highest BCUT2D eigenvalue weighted by Gasteiger charge is 2.60.